The Kier molecular flexibility index (Phi) is 2.21. The molecule has 1 heteroatoms. The summed E-state index contributed by atoms with van der Waals surface area (Å²) in [4.78, 5) is 0. The van der Waals surface area contributed by atoms with E-state index in [9.17, 15) is 4.39 Å². The van der Waals surface area contributed by atoms with Crippen molar-refractivity contribution in [2.45, 2.75) is 0 Å². The monoisotopic (exact) mass is 136 g/mol. The highest BCUT2D eigenvalue weighted by atomic mass is 19.1. The molecule has 1 aromatic rings. The molecule has 0 fully saturated rings. The maximum atomic E-state index is 12.0. The summed E-state index contributed by atoms with van der Waals surface area (Å²) in [5.41, 5.74) is 1.42. The molecule has 0 nitrogen and oxygen atoms in total. The van der Waals surface area contributed by atoms with E-state index >= 15 is 0 Å². The van der Waals surface area contributed by atoms with Crippen LogP contribution in [0, 0.1) is 0 Å². The molecular weight excluding hydrogens is 127 g/mol. The third-order valence-electron chi connectivity index (χ3n) is 1.34. The second kappa shape index (κ2) is 3.16. The van der Waals surface area contributed by atoms with Gasteiger partial charge in [0.05, 0.1) is 0 Å². The van der Waals surface area contributed by atoms with Crippen LogP contribution in [0.1, 0.15) is 5.56 Å². The van der Waals surface area contributed by atoms with Crippen molar-refractivity contribution in [1.82, 2.24) is 0 Å². The van der Waals surface area contributed by atoms with Crippen LogP contribution < -0.4 is 0 Å². The second-order valence-corrected chi connectivity index (χ2v) is 2.10. The summed E-state index contributed by atoms with van der Waals surface area (Å²) >= 11 is 0. The van der Waals surface area contributed by atoms with Crippen molar-refractivity contribution in [2.75, 3.05) is 6.67 Å². The number of alkyl halides is 1. The van der Waals surface area contributed by atoms with E-state index in [1.54, 1.807) is 0 Å². The van der Waals surface area contributed by atoms with Gasteiger partial charge >= 0.3 is 0 Å². The van der Waals surface area contributed by atoms with Crippen LogP contribution in [0.4, 0.5) is 4.39 Å². The van der Waals surface area contributed by atoms with Crippen molar-refractivity contribution in [3.05, 3.63) is 42.5 Å². The fourth-order valence-electron chi connectivity index (χ4n) is 0.751. The van der Waals surface area contributed by atoms with E-state index in [0.29, 0.717) is 5.57 Å². The van der Waals surface area contributed by atoms with Crippen LogP contribution in [0.15, 0.2) is 36.9 Å². The van der Waals surface area contributed by atoms with Crippen LogP contribution in [0.3, 0.4) is 0 Å². The molecule has 0 bridgehead atoms. The molecule has 0 amide bonds. The lowest BCUT2D eigenvalue weighted by Gasteiger charge is -1.97. The van der Waals surface area contributed by atoms with Crippen LogP contribution in [0.25, 0.3) is 5.57 Å². The third-order valence-corrected chi connectivity index (χ3v) is 1.34. The highest BCUT2D eigenvalue weighted by Crippen LogP contribution is 2.10. The molecule has 52 valence electrons. The average molecular weight is 136 g/mol. The fourth-order valence-corrected chi connectivity index (χ4v) is 0.751. The van der Waals surface area contributed by atoms with Gasteiger partial charge in [-0.25, -0.2) is 4.39 Å². The standard InChI is InChI=1S/C9H9F/c1-8(7-10)9-5-3-2-4-6-9/h2-6H,1,7H2. The predicted octanol–water partition coefficient (Wildman–Crippen LogP) is 2.67. The van der Waals surface area contributed by atoms with Crippen LogP contribution >= 0.6 is 0 Å². The summed E-state index contributed by atoms with van der Waals surface area (Å²) in [6, 6.07) is 9.34. The number of hydrogen-bond donors (Lipinski definition) is 0. The molecule has 0 N–H and O–H groups in total. The number of allylic oxidation sites excluding steroid dienone is 1. The van der Waals surface area contributed by atoms with Crippen LogP contribution in [0.5, 0.6) is 0 Å². The highest BCUT2D eigenvalue weighted by Gasteiger charge is 1.93. The highest BCUT2D eigenvalue weighted by molar-refractivity contribution is 5.63. The first-order valence-electron chi connectivity index (χ1n) is 3.14. The summed E-state index contributed by atoms with van der Waals surface area (Å²) in [6.07, 6.45) is 0. The Bertz CT molecular complexity index is 213. The number of halogens is 1. The summed E-state index contributed by atoms with van der Waals surface area (Å²) in [6.45, 7) is 3.10. The Labute approximate surface area is 60.0 Å². The quantitative estimate of drug-likeness (QED) is 0.586. The van der Waals surface area contributed by atoms with Crippen molar-refractivity contribution in [2.24, 2.45) is 0 Å². The van der Waals surface area contributed by atoms with Crippen molar-refractivity contribution < 1.29 is 4.39 Å². The summed E-state index contributed by atoms with van der Waals surface area (Å²) in [5.74, 6) is 0. The predicted molar refractivity (Wildman–Crippen MR) is 41.5 cm³/mol. The van der Waals surface area contributed by atoms with Crippen LogP contribution in [-0.4, -0.2) is 6.67 Å². The molecule has 1 rings (SSSR count). The summed E-state index contributed by atoms with van der Waals surface area (Å²) < 4.78 is 12.0. The minimum atomic E-state index is -0.468. The minimum absolute atomic E-state index is 0.468. The zero-order chi connectivity index (χ0) is 7.40. The molecule has 0 atom stereocenters. The summed E-state index contributed by atoms with van der Waals surface area (Å²) in [5, 5.41) is 0. The second-order valence-electron chi connectivity index (χ2n) is 2.10. The lowest BCUT2D eigenvalue weighted by Crippen LogP contribution is -1.81. The van der Waals surface area contributed by atoms with E-state index in [4.69, 9.17) is 0 Å². The molecule has 10 heavy (non-hydrogen) atoms. The van der Waals surface area contributed by atoms with E-state index in [1.165, 1.54) is 0 Å². The Morgan fingerprint density at radius 3 is 2.40 bits per heavy atom. The summed E-state index contributed by atoms with van der Waals surface area (Å²) in [7, 11) is 0. The van der Waals surface area contributed by atoms with Crippen LogP contribution in [-0.2, 0) is 0 Å². The fraction of sp³-hybridized carbons (Fsp3) is 0.111. The molecule has 0 aliphatic carbocycles. The minimum Gasteiger partial charge on any atom is -0.246 e. The van der Waals surface area contributed by atoms with E-state index in [2.05, 4.69) is 6.58 Å². The van der Waals surface area contributed by atoms with Gasteiger partial charge in [-0.05, 0) is 11.1 Å². The topological polar surface area (TPSA) is 0 Å². The molecule has 0 radical (unpaired) electrons. The van der Waals surface area contributed by atoms with E-state index in [0.717, 1.165) is 5.56 Å². The van der Waals surface area contributed by atoms with Gasteiger partial charge in [0, 0.05) is 0 Å². The Morgan fingerprint density at radius 2 is 1.90 bits per heavy atom. The van der Waals surface area contributed by atoms with E-state index in [1.807, 2.05) is 30.3 Å². The van der Waals surface area contributed by atoms with Crippen LogP contribution in [0.2, 0.25) is 0 Å². The van der Waals surface area contributed by atoms with Gasteiger partial charge in [0.15, 0.2) is 0 Å². The van der Waals surface area contributed by atoms with Crippen molar-refractivity contribution in [3.63, 3.8) is 0 Å². The molecule has 0 aliphatic heterocycles. The van der Waals surface area contributed by atoms with Gasteiger partial charge < -0.3 is 0 Å². The molecular formula is C9H9F. The van der Waals surface area contributed by atoms with Gasteiger partial charge in [-0.3, -0.25) is 0 Å². The Balaban J connectivity index is 2.85. The molecule has 0 saturated heterocycles. The van der Waals surface area contributed by atoms with Gasteiger partial charge in [0.25, 0.3) is 0 Å². The van der Waals surface area contributed by atoms with Gasteiger partial charge in [-0.15, -0.1) is 0 Å². The van der Waals surface area contributed by atoms with Crippen molar-refractivity contribution in [3.8, 4) is 0 Å². The van der Waals surface area contributed by atoms with E-state index in [-0.39, 0.29) is 0 Å². The Hall–Kier alpha value is -1.11. The first kappa shape index (κ1) is 7.00. The molecule has 0 spiro atoms. The SMILES string of the molecule is C=C(CF)c1ccccc1. The molecule has 1 aromatic carbocycles. The van der Waals surface area contributed by atoms with Gasteiger partial charge in [0.2, 0.25) is 0 Å². The van der Waals surface area contributed by atoms with Gasteiger partial charge in [-0.1, -0.05) is 36.9 Å². The largest absolute Gasteiger partial charge is 0.246 e. The third kappa shape index (κ3) is 1.44. The Morgan fingerprint density at radius 1 is 1.30 bits per heavy atom. The first-order chi connectivity index (χ1) is 4.84. The zero-order valence-corrected chi connectivity index (χ0v) is 5.68. The zero-order valence-electron chi connectivity index (χ0n) is 5.68. The van der Waals surface area contributed by atoms with Crippen molar-refractivity contribution in [1.29, 1.82) is 0 Å². The van der Waals surface area contributed by atoms with E-state index < -0.39 is 6.67 Å². The normalized spacial score (nSPS) is 9.30. The maximum Gasteiger partial charge on any atom is 0.115 e. The molecule has 0 saturated carbocycles. The van der Waals surface area contributed by atoms with Crippen molar-refractivity contribution >= 4 is 5.57 Å². The molecule has 0 unspecified atom stereocenters. The number of rotatable bonds is 2. The molecule has 0 aromatic heterocycles. The smallest absolute Gasteiger partial charge is 0.115 e. The average Bonchev–Trinajstić information content (AvgIpc) is 2.05. The number of hydrogen-bond acceptors (Lipinski definition) is 0. The van der Waals surface area contributed by atoms with Gasteiger partial charge in [0.1, 0.15) is 6.67 Å². The lowest BCUT2D eigenvalue weighted by molar-refractivity contribution is 0.572. The molecule has 0 aliphatic rings. The van der Waals surface area contributed by atoms with Gasteiger partial charge in [-0.2, -0.15) is 0 Å². The maximum absolute atomic E-state index is 12.0. The number of benzene rings is 1. The molecule has 0 heterocycles. The lowest BCUT2D eigenvalue weighted by atomic mass is 10.1. The first-order valence-corrected chi connectivity index (χ1v) is 3.14.